The molecular weight excluding hydrogens is 362 g/mol. The molecule has 4 rings (SSSR count). The number of nitrogens with one attached hydrogen (secondary N) is 2. The van der Waals surface area contributed by atoms with E-state index in [1.807, 2.05) is 0 Å². The van der Waals surface area contributed by atoms with Crippen LogP contribution in [0.1, 0.15) is 48.8 Å². The third-order valence-corrected chi connectivity index (χ3v) is 6.37. The Morgan fingerprint density at radius 3 is 2.29 bits per heavy atom. The molecule has 2 aliphatic heterocycles. The number of nitrogens with zero attached hydrogens (tertiary/aromatic N) is 1. The Morgan fingerprint density at radius 1 is 1.00 bits per heavy atom. The maximum absolute atomic E-state index is 5.63. The lowest BCUT2D eigenvalue weighted by molar-refractivity contribution is 0.0212. The molecule has 0 radical (unpaired) electrons. The van der Waals surface area contributed by atoms with E-state index in [4.69, 9.17) is 12.2 Å². The van der Waals surface area contributed by atoms with Gasteiger partial charge in [0.15, 0.2) is 5.11 Å². The van der Waals surface area contributed by atoms with Crippen molar-refractivity contribution in [2.45, 2.75) is 70.6 Å². The number of thiocarbonyl (C=S) groups is 1. The number of benzene rings is 2. The van der Waals surface area contributed by atoms with Crippen molar-refractivity contribution in [3.63, 3.8) is 0 Å². The summed E-state index contributed by atoms with van der Waals surface area (Å²) < 4.78 is 0. The zero-order valence-corrected chi connectivity index (χ0v) is 17.8. The molecule has 2 aliphatic rings. The van der Waals surface area contributed by atoms with Gasteiger partial charge in [-0.3, -0.25) is 4.90 Å². The maximum Gasteiger partial charge on any atom is 0.170 e. The van der Waals surface area contributed by atoms with Gasteiger partial charge in [-0.2, -0.15) is 0 Å². The highest BCUT2D eigenvalue weighted by atomic mass is 32.1. The molecule has 148 valence electrons. The van der Waals surface area contributed by atoms with E-state index in [0.717, 1.165) is 17.3 Å². The van der Waals surface area contributed by atoms with E-state index in [1.165, 1.54) is 48.8 Å². The Bertz CT molecular complexity index is 786. The number of hydrogen-bond acceptors (Lipinski definition) is 2. The van der Waals surface area contributed by atoms with Crippen LogP contribution in [0.25, 0.3) is 0 Å². The average Bonchev–Trinajstić information content (AvgIpc) is 2.62. The van der Waals surface area contributed by atoms with Crippen molar-refractivity contribution < 1.29 is 0 Å². The first kappa shape index (κ1) is 19.4. The topological polar surface area (TPSA) is 27.3 Å². The second-order valence-electron chi connectivity index (χ2n) is 8.54. The molecule has 2 N–H and O–H groups in total. The van der Waals surface area contributed by atoms with Crippen LogP contribution in [-0.4, -0.2) is 28.1 Å². The molecule has 4 heteroatoms. The smallest absolute Gasteiger partial charge is 0.170 e. The van der Waals surface area contributed by atoms with Crippen molar-refractivity contribution in [3.05, 3.63) is 65.2 Å². The molecule has 2 aromatic carbocycles. The third-order valence-electron chi connectivity index (χ3n) is 6.15. The van der Waals surface area contributed by atoms with Gasteiger partial charge < -0.3 is 10.6 Å². The van der Waals surface area contributed by atoms with Crippen LogP contribution >= 0.6 is 12.2 Å². The van der Waals surface area contributed by atoms with Gasteiger partial charge in [0.2, 0.25) is 0 Å². The molecule has 0 unspecified atom stereocenters. The molecule has 28 heavy (non-hydrogen) atoms. The minimum absolute atomic E-state index is 0.466. The normalized spacial score (nSPS) is 24.6. The van der Waals surface area contributed by atoms with Crippen molar-refractivity contribution >= 4 is 23.0 Å². The van der Waals surface area contributed by atoms with E-state index in [9.17, 15) is 0 Å². The van der Waals surface area contributed by atoms with E-state index >= 15 is 0 Å². The minimum atomic E-state index is 0.466. The molecule has 2 bridgehead atoms. The highest BCUT2D eigenvalue weighted by molar-refractivity contribution is 7.80. The molecule has 0 amide bonds. The summed E-state index contributed by atoms with van der Waals surface area (Å²) in [5.74, 6) is 0. The second-order valence-corrected chi connectivity index (χ2v) is 8.95. The lowest BCUT2D eigenvalue weighted by Crippen LogP contribution is -2.56. The number of piperidine rings is 2. The number of anilines is 1. The van der Waals surface area contributed by atoms with Gasteiger partial charge in [-0.1, -0.05) is 42.8 Å². The maximum atomic E-state index is 5.63. The molecule has 2 fully saturated rings. The van der Waals surface area contributed by atoms with Gasteiger partial charge >= 0.3 is 0 Å². The van der Waals surface area contributed by atoms with Gasteiger partial charge in [-0.25, -0.2) is 0 Å². The van der Waals surface area contributed by atoms with Crippen molar-refractivity contribution in [1.29, 1.82) is 0 Å². The van der Waals surface area contributed by atoms with E-state index in [0.29, 0.717) is 18.1 Å². The quantitative estimate of drug-likeness (QED) is 0.700. The Kier molecular flexibility index (Phi) is 5.98. The van der Waals surface area contributed by atoms with Crippen molar-refractivity contribution in [2.24, 2.45) is 0 Å². The largest absolute Gasteiger partial charge is 0.360 e. The van der Waals surface area contributed by atoms with Crippen LogP contribution < -0.4 is 10.6 Å². The van der Waals surface area contributed by atoms with Gasteiger partial charge in [0.25, 0.3) is 0 Å². The standard InChI is InChI=1S/C24H31N3S/c1-17-11-18(2)13-20(12-17)25-24(28)26-21-14-22-9-6-10-23(15-21)27(22)16-19-7-4-3-5-8-19/h3-5,7-8,11-13,21-23H,6,9-10,14-16H2,1-2H3,(H2,25,26,28)/t22-,23-/m0/s1. The lowest BCUT2D eigenvalue weighted by atomic mass is 9.81. The fourth-order valence-corrected chi connectivity index (χ4v) is 5.33. The summed E-state index contributed by atoms with van der Waals surface area (Å²) >= 11 is 5.63. The summed E-state index contributed by atoms with van der Waals surface area (Å²) in [6.07, 6.45) is 6.33. The summed E-state index contributed by atoms with van der Waals surface area (Å²) in [4.78, 5) is 2.75. The average molecular weight is 394 g/mol. The predicted octanol–water partition coefficient (Wildman–Crippen LogP) is 5.18. The number of hydrogen-bond donors (Lipinski definition) is 2. The molecule has 0 saturated carbocycles. The zero-order chi connectivity index (χ0) is 19.5. The molecule has 0 spiro atoms. The van der Waals surface area contributed by atoms with Crippen LogP contribution in [0.2, 0.25) is 0 Å². The van der Waals surface area contributed by atoms with Crippen LogP contribution in [0, 0.1) is 13.8 Å². The molecule has 2 aromatic rings. The van der Waals surface area contributed by atoms with Gasteiger partial charge in [0.05, 0.1) is 0 Å². The molecule has 2 atom stereocenters. The molecule has 0 aliphatic carbocycles. The Morgan fingerprint density at radius 2 is 1.64 bits per heavy atom. The van der Waals surface area contributed by atoms with Crippen LogP contribution in [0.4, 0.5) is 5.69 Å². The van der Waals surface area contributed by atoms with E-state index in [-0.39, 0.29) is 0 Å². The van der Waals surface area contributed by atoms with Gasteiger partial charge in [-0.05, 0) is 80.6 Å². The zero-order valence-electron chi connectivity index (χ0n) is 16.9. The summed E-state index contributed by atoms with van der Waals surface area (Å²) in [7, 11) is 0. The predicted molar refractivity (Wildman–Crippen MR) is 122 cm³/mol. The molecule has 2 heterocycles. The highest BCUT2D eigenvalue weighted by Gasteiger charge is 2.38. The Balaban J connectivity index is 1.36. The highest BCUT2D eigenvalue weighted by Crippen LogP contribution is 2.35. The fraction of sp³-hybridized carbons (Fsp3) is 0.458. The second kappa shape index (κ2) is 8.62. The third kappa shape index (κ3) is 4.73. The van der Waals surface area contributed by atoms with Crippen LogP contribution in [0.3, 0.4) is 0 Å². The van der Waals surface area contributed by atoms with Crippen LogP contribution in [-0.2, 0) is 6.54 Å². The van der Waals surface area contributed by atoms with Crippen LogP contribution in [0.5, 0.6) is 0 Å². The first-order valence-electron chi connectivity index (χ1n) is 10.5. The first-order valence-corrected chi connectivity index (χ1v) is 10.9. The molecular formula is C24H31N3S. The van der Waals surface area contributed by atoms with E-state index in [1.54, 1.807) is 0 Å². The van der Waals surface area contributed by atoms with Gasteiger partial charge in [0, 0.05) is 30.4 Å². The first-order chi connectivity index (χ1) is 13.6. The Labute approximate surface area is 174 Å². The molecule has 2 saturated heterocycles. The van der Waals surface area contributed by atoms with Crippen molar-refractivity contribution in [2.75, 3.05) is 5.32 Å². The van der Waals surface area contributed by atoms with E-state index < -0.39 is 0 Å². The summed E-state index contributed by atoms with van der Waals surface area (Å²) in [5, 5.41) is 7.76. The summed E-state index contributed by atoms with van der Waals surface area (Å²) in [5.41, 5.74) is 5.03. The summed E-state index contributed by atoms with van der Waals surface area (Å²) in [6.45, 7) is 5.32. The number of aryl methyl sites for hydroxylation is 2. The van der Waals surface area contributed by atoms with Gasteiger partial charge in [0.1, 0.15) is 0 Å². The van der Waals surface area contributed by atoms with E-state index in [2.05, 4.69) is 77.9 Å². The monoisotopic (exact) mass is 393 g/mol. The van der Waals surface area contributed by atoms with Crippen molar-refractivity contribution in [3.8, 4) is 0 Å². The fourth-order valence-electron chi connectivity index (χ4n) is 5.05. The number of rotatable bonds is 4. The van der Waals surface area contributed by atoms with Crippen molar-refractivity contribution in [1.82, 2.24) is 10.2 Å². The summed E-state index contributed by atoms with van der Waals surface area (Å²) in [6, 6.07) is 19.2. The lowest BCUT2D eigenvalue weighted by Gasteiger charge is -2.49. The molecule has 3 nitrogen and oxygen atoms in total. The Hall–Kier alpha value is -1.91. The molecule has 0 aromatic heterocycles. The SMILES string of the molecule is Cc1cc(C)cc(NC(=S)NC2C[C@@H]3CCC[C@@H](C2)N3Cc2ccccc2)c1. The van der Waals surface area contributed by atoms with Crippen LogP contribution in [0.15, 0.2) is 48.5 Å². The number of fused-ring (bicyclic) bond motifs is 2. The van der Waals surface area contributed by atoms with Gasteiger partial charge in [-0.15, -0.1) is 0 Å². The minimum Gasteiger partial charge on any atom is -0.360 e.